The van der Waals surface area contributed by atoms with Crippen molar-refractivity contribution in [3.8, 4) is 0 Å². The van der Waals surface area contributed by atoms with Crippen LogP contribution in [0.25, 0.3) is 0 Å². The standard InChI is InChI=1S/C15H21NO2/c1-2-5-13(6-3-1)11-14-7-10-18-15(16-14)8-4-9-17-12-15/h1-3,5-6,14,16H,4,7-12H2. The first-order valence-corrected chi connectivity index (χ1v) is 6.90. The largest absolute Gasteiger partial charge is 0.377 e. The van der Waals surface area contributed by atoms with Gasteiger partial charge in [0, 0.05) is 12.6 Å². The van der Waals surface area contributed by atoms with Crippen molar-refractivity contribution in [1.82, 2.24) is 5.32 Å². The van der Waals surface area contributed by atoms with Gasteiger partial charge in [-0.3, -0.25) is 5.32 Å². The first-order chi connectivity index (χ1) is 8.86. The fourth-order valence-corrected chi connectivity index (χ4v) is 2.93. The molecular formula is C15H21NO2. The average molecular weight is 247 g/mol. The lowest BCUT2D eigenvalue weighted by molar-refractivity contribution is -0.173. The molecule has 2 atom stereocenters. The molecule has 0 aromatic heterocycles. The average Bonchev–Trinajstić information content (AvgIpc) is 2.41. The van der Waals surface area contributed by atoms with Crippen LogP contribution in [0.1, 0.15) is 24.8 Å². The van der Waals surface area contributed by atoms with Gasteiger partial charge in [-0.25, -0.2) is 0 Å². The van der Waals surface area contributed by atoms with Gasteiger partial charge in [-0.05, 0) is 31.2 Å². The number of nitrogens with one attached hydrogen (secondary N) is 1. The second kappa shape index (κ2) is 5.39. The van der Waals surface area contributed by atoms with Crippen molar-refractivity contribution in [3.05, 3.63) is 35.9 Å². The maximum absolute atomic E-state index is 5.94. The molecular weight excluding hydrogens is 226 g/mol. The molecule has 1 aromatic carbocycles. The minimum Gasteiger partial charge on any atom is -0.377 e. The van der Waals surface area contributed by atoms with Crippen molar-refractivity contribution in [1.29, 1.82) is 0 Å². The Kier molecular flexibility index (Phi) is 3.64. The van der Waals surface area contributed by atoms with Crippen molar-refractivity contribution < 1.29 is 9.47 Å². The molecule has 98 valence electrons. The van der Waals surface area contributed by atoms with E-state index in [0.717, 1.165) is 38.9 Å². The van der Waals surface area contributed by atoms with Crippen molar-refractivity contribution in [2.24, 2.45) is 0 Å². The van der Waals surface area contributed by atoms with E-state index in [2.05, 4.69) is 35.6 Å². The third kappa shape index (κ3) is 2.74. The summed E-state index contributed by atoms with van der Waals surface area (Å²) in [4.78, 5) is 0. The van der Waals surface area contributed by atoms with Crippen LogP contribution < -0.4 is 5.32 Å². The van der Waals surface area contributed by atoms with Crippen molar-refractivity contribution in [2.45, 2.75) is 37.5 Å². The first kappa shape index (κ1) is 12.2. The van der Waals surface area contributed by atoms with E-state index in [-0.39, 0.29) is 5.72 Å². The van der Waals surface area contributed by atoms with E-state index < -0.39 is 0 Å². The molecule has 1 aromatic rings. The summed E-state index contributed by atoms with van der Waals surface area (Å²) >= 11 is 0. The molecule has 2 heterocycles. The van der Waals surface area contributed by atoms with Gasteiger partial charge in [-0.1, -0.05) is 30.3 Å². The van der Waals surface area contributed by atoms with Crippen LogP contribution in [0.15, 0.2) is 30.3 Å². The maximum atomic E-state index is 5.94. The van der Waals surface area contributed by atoms with Gasteiger partial charge in [-0.2, -0.15) is 0 Å². The highest BCUT2D eigenvalue weighted by atomic mass is 16.6. The fraction of sp³-hybridized carbons (Fsp3) is 0.600. The van der Waals surface area contributed by atoms with Crippen molar-refractivity contribution in [3.63, 3.8) is 0 Å². The maximum Gasteiger partial charge on any atom is 0.143 e. The lowest BCUT2D eigenvalue weighted by Gasteiger charge is -2.44. The SMILES string of the molecule is c1ccc(CC2CCOC3(CCCOC3)N2)cc1. The summed E-state index contributed by atoms with van der Waals surface area (Å²) in [5.41, 5.74) is 1.18. The Morgan fingerprint density at radius 1 is 1.22 bits per heavy atom. The summed E-state index contributed by atoms with van der Waals surface area (Å²) in [5.74, 6) is 0. The highest BCUT2D eigenvalue weighted by Crippen LogP contribution is 2.26. The monoisotopic (exact) mass is 247 g/mol. The Morgan fingerprint density at radius 3 is 2.89 bits per heavy atom. The molecule has 3 rings (SSSR count). The van der Waals surface area contributed by atoms with Gasteiger partial charge in [0.1, 0.15) is 5.72 Å². The highest BCUT2D eigenvalue weighted by Gasteiger charge is 2.38. The van der Waals surface area contributed by atoms with Crippen LogP contribution in [-0.4, -0.2) is 31.6 Å². The molecule has 2 fully saturated rings. The molecule has 2 aliphatic heterocycles. The van der Waals surface area contributed by atoms with Crippen LogP contribution in [0.4, 0.5) is 0 Å². The van der Waals surface area contributed by atoms with E-state index in [1.54, 1.807) is 0 Å². The molecule has 0 bridgehead atoms. The summed E-state index contributed by atoms with van der Waals surface area (Å²) in [6.07, 6.45) is 4.31. The van der Waals surface area contributed by atoms with Gasteiger partial charge in [0.05, 0.1) is 13.2 Å². The number of benzene rings is 1. The molecule has 0 aliphatic carbocycles. The molecule has 1 N–H and O–H groups in total. The smallest absolute Gasteiger partial charge is 0.143 e. The van der Waals surface area contributed by atoms with Crippen LogP contribution in [0.3, 0.4) is 0 Å². The summed E-state index contributed by atoms with van der Waals surface area (Å²) in [6, 6.07) is 11.2. The van der Waals surface area contributed by atoms with Crippen LogP contribution in [0.2, 0.25) is 0 Å². The van der Waals surface area contributed by atoms with E-state index in [1.807, 2.05) is 0 Å². The Balaban J connectivity index is 1.63. The van der Waals surface area contributed by atoms with E-state index in [4.69, 9.17) is 9.47 Å². The van der Waals surface area contributed by atoms with E-state index in [9.17, 15) is 0 Å². The van der Waals surface area contributed by atoms with Crippen LogP contribution in [0, 0.1) is 0 Å². The topological polar surface area (TPSA) is 30.5 Å². The zero-order valence-corrected chi connectivity index (χ0v) is 10.7. The molecule has 3 nitrogen and oxygen atoms in total. The van der Waals surface area contributed by atoms with Gasteiger partial charge in [-0.15, -0.1) is 0 Å². The third-order valence-electron chi connectivity index (χ3n) is 3.84. The number of hydrogen-bond donors (Lipinski definition) is 1. The zero-order chi connectivity index (χ0) is 12.3. The normalized spacial score (nSPS) is 32.6. The molecule has 1 spiro atoms. The fourth-order valence-electron chi connectivity index (χ4n) is 2.93. The van der Waals surface area contributed by atoms with Crippen LogP contribution in [-0.2, 0) is 15.9 Å². The molecule has 0 amide bonds. The minimum absolute atomic E-state index is 0.212. The van der Waals surface area contributed by atoms with Crippen LogP contribution in [0.5, 0.6) is 0 Å². The Bertz CT molecular complexity index is 368. The predicted octanol–water partition coefficient (Wildman–Crippen LogP) is 2.11. The molecule has 2 saturated heterocycles. The van der Waals surface area contributed by atoms with Crippen molar-refractivity contribution >= 4 is 0 Å². The van der Waals surface area contributed by atoms with Gasteiger partial charge >= 0.3 is 0 Å². The third-order valence-corrected chi connectivity index (χ3v) is 3.84. The Hall–Kier alpha value is -0.900. The molecule has 2 aliphatic rings. The quantitative estimate of drug-likeness (QED) is 0.868. The predicted molar refractivity (Wildman–Crippen MR) is 70.4 cm³/mol. The lowest BCUT2D eigenvalue weighted by Crippen LogP contribution is -2.61. The van der Waals surface area contributed by atoms with E-state index in [1.165, 1.54) is 5.56 Å². The Labute approximate surface area is 108 Å². The second-order valence-electron chi connectivity index (χ2n) is 5.32. The molecule has 18 heavy (non-hydrogen) atoms. The highest BCUT2D eigenvalue weighted by molar-refractivity contribution is 5.16. The van der Waals surface area contributed by atoms with Gasteiger partial charge in [0.2, 0.25) is 0 Å². The van der Waals surface area contributed by atoms with Crippen molar-refractivity contribution in [2.75, 3.05) is 19.8 Å². The second-order valence-corrected chi connectivity index (χ2v) is 5.32. The number of rotatable bonds is 2. The molecule has 2 unspecified atom stereocenters. The van der Waals surface area contributed by atoms with E-state index >= 15 is 0 Å². The molecule has 3 heteroatoms. The number of hydrogen-bond acceptors (Lipinski definition) is 3. The van der Waals surface area contributed by atoms with Crippen LogP contribution >= 0.6 is 0 Å². The van der Waals surface area contributed by atoms with E-state index in [0.29, 0.717) is 12.6 Å². The van der Waals surface area contributed by atoms with Gasteiger partial charge < -0.3 is 9.47 Å². The summed E-state index contributed by atoms with van der Waals surface area (Å²) < 4.78 is 11.5. The summed E-state index contributed by atoms with van der Waals surface area (Å²) in [7, 11) is 0. The van der Waals surface area contributed by atoms with Gasteiger partial charge in [0.15, 0.2) is 0 Å². The van der Waals surface area contributed by atoms with Gasteiger partial charge in [0.25, 0.3) is 0 Å². The zero-order valence-electron chi connectivity index (χ0n) is 10.7. The lowest BCUT2D eigenvalue weighted by atomic mass is 9.97. The summed E-state index contributed by atoms with van der Waals surface area (Å²) in [6.45, 7) is 2.41. The molecule has 0 saturated carbocycles. The minimum atomic E-state index is -0.212. The Morgan fingerprint density at radius 2 is 2.11 bits per heavy atom. The molecule has 0 radical (unpaired) electrons. The number of ether oxygens (including phenoxy) is 2. The summed E-state index contributed by atoms with van der Waals surface area (Å²) in [5, 5.41) is 3.67. The first-order valence-electron chi connectivity index (χ1n) is 6.90.